The normalized spacial score (nSPS) is 31.8. The van der Waals surface area contributed by atoms with Gasteiger partial charge in [-0.2, -0.15) is 0 Å². The molecule has 1 N–H and O–H groups in total. The Hall–Kier alpha value is -1.20. The highest BCUT2D eigenvalue weighted by Crippen LogP contribution is 2.36. The molecular formula is C11H15F2NO3. The molecule has 0 aromatic carbocycles. The van der Waals surface area contributed by atoms with Gasteiger partial charge in [0.25, 0.3) is 5.92 Å². The van der Waals surface area contributed by atoms with Crippen LogP contribution in [-0.2, 0) is 9.59 Å². The van der Waals surface area contributed by atoms with Crippen LogP contribution in [0, 0.1) is 11.8 Å². The Kier molecular flexibility index (Phi) is 3.05. The molecule has 2 rings (SSSR count). The first-order chi connectivity index (χ1) is 7.91. The molecule has 1 saturated carbocycles. The minimum atomic E-state index is -2.81. The molecule has 0 aromatic rings. The van der Waals surface area contributed by atoms with Crippen molar-refractivity contribution in [3.8, 4) is 0 Å². The molecule has 0 spiro atoms. The van der Waals surface area contributed by atoms with Crippen LogP contribution in [0.1, 0.15) is 25.7 Å². The molecule has 1 aliphatic carbocycles. The van der Waals surface area contributed by atoms with Crippen LogP contribution in [0.5, 0.6) is 0 Å². The lowest BCUT2D eigenvalue weighted by atomic mass is 9.95. The zero-order valence-electron chi connectivity index (χ0n) is 9.36. The summed E-state index contributed by atoms with van der Waals surface area (Å²) in [6, 6.07) is 0. The van der Waals surface area contributed by atoms with E-state index in [0.29, 0.717) is 19.3 Å². The number of alkyl halides is 2. The van der Waals surface area contributed by atoms with Crippen molar-refractivity contribution in [2.45, 2.75) is 31.6 Å². The van der Waals surface area contributed by atoms with E-state index in [4.69, 9.17) is 5.11 Å². The summed E-state index contributed by atoms with van der Waals surface area (Å²) in [5.74, 6) is -5.52. The average molecular weight is 247 g/mol. The number of likely N-dealkylation sites (tertiary alicyclic amines) is 1. The van der Waals surface area contributed by atoms with Crippen molar-refractivity contribution in [3.63, 3.8) is 0 Å². The first-order valence-corrected chi connectivity index (χ1v) is 5.80. The number of carboxylic acids is 1. The summed E-state index contributed by atoms with van der Waals surface area (Å²) in [5, 5.41) is 8.96. The van der Waals surface area contributed by atoms with Crippen LogP contribution in [-0.4, -0.2) is 40.9 Å². The molecule has 96 valence electrons. The lowest BCUT2D eigenvalue weighted by molar-refractivity contribution is -0.149. The highest BCUT2D eigenvalue weighted by molar-refractivity contribution is 5.85. The maximum absolute atomic E-state index is 13.0. The fourth-order valence-electron chi connectivity index (χ4n) is 2.71. The van der Waals surface area contributed by atoms with Crippen LogP contribution in [0.3, 0.4) is 0 Å². The van der Waals surface area contributed by atoms with Crippen molar-refractivity contribution in [3.05, 3.63) is 0 Å². The molecule has 4 nitrogen and oxygen atoms in total. The van der Waals surface area contributed by atoms with Crippen LogP contribution in [0.25, 0.3) is 0 Å². The Labute approximate surface area is 97.6 Å². The SMILES string of the molecule is O=C(O)C1CCCC1C(=O)N1CCC(F)(F)C1. The molecule has 1 aliphatic heterocycles. The third-order valence-corrected chi connectivity index (χ3v) is 3.63. The smallest absolute Gasteiger partial charge is 0.307 e. The average Bonchev–Trinajstić information content (AvgIpc) is 2.82. The summed E-state index contributed by atoms with van der Waals surface area (Å²) in [7, 11) is 0. The van der Waals surface area contributed by atoms with Gasteiger partial charge >= 0.3 is 5.97 Å². The number of hydrogen-bond donors (Lipinski definition) is 1. The van der Waals surface area contributed by atoms with E-state index in [0.717, 1.165) is 4.90 Å². The molecule has 1 amide bonds. The molecule has 17 heavy (non-hydrogen) atoms. The monoisotopic (exact) mass is 247 g/mol. The van der Waals surface area contributed by atoms with Gasteiger partial charge in [0.05, 0.1) is 18.4 Å². The van der Waals surface area contributed by atoms with E-state index < -0.39 is 36.2 Å². The summed E-state index contributed by atoms with van der Waals surface area (Å²) < 4.78 is 26.0. The van der Waals surface area contributed by atoms with E-state index in [2.05, 4.69) is 0 Å². The van der Waals surface area contributed by atoms with Crippen LogP contribution in [0.4, 0.5) is 8.78 Å². The van der Waals surface area contributed by atoms with E-state index in [1.165, 1.54) is 0 Å². The number of halogens is 2. The maximum Gasteiger partial charge on any atom is 0.307 e. The predicted molar refractivity (Wildman–Crippen MR) is 54.6 cm³/mol. The van der Waals surface area contributed by atoms with Crippen molar-refractivity contribution in [1.29, 1.82) is 0 Å². The fourth-order valence-corrected chi connectivity index (χ4v) is 2.71. The minimum Gasteiger partial charge on any atom is -0.481 e. The van der Waals surface area contributed by atoms with E-state index >= 15 is 0 Å². The zero-order valence-corrected chi connectivity index (χ0v) is 9.36. The molecule has 2 unspecified atom stereocenters. The number of amides is 1. The molecule has 2 fully saturated rings. The minimum absolute atomic E-state index is 0.0364. The number of aliphatic carboxylic acids is 1. The van der Waals surface area contributed by atoms with Gasteiger partial charge in [-0.25, -0.2) is 8.78 Å². The van der Waals surface area contributed by atoms with E-state index in [-0.39, 0.29) is 13.0 Å². The predicted octanol–water partition coefficient (Wildman–Crippen LogP) is 1.35. The maximum atomic E-state index is 13.0. The zero-order chi connectivity index (χ0) is 12.6. The lowest BCUT2D eigenvalue weighted by Gasteiger charge is -2.22. The third kappa shape index (κ3) is 2.40. The van der Waals surface area contributed by atoms with Crippen LogP contribution >= 0.6 is 0 Å². The van der Waals surface area contributed by atoms with Gasteiger partial charge in [0.2, 0.25) is 5.91 Å². The molecule has 1 heterocycles. The van der Waals surface area contributed by atoms with Gasteiger partial charge < -0.3 is 10.0 Å². The standard InChI is InChI=1S/C11H15F2NO3/c12-11(13)4-5-14(6-11)9(15)7-2-1-3-8(7)10(16)17/h7-8H,1-6H2,(H,16,17). The number of carbonyl (C=O) groups is 2. The summed E-state index contributed by atoms with van der Waals surface area (Å²) in [4.78, 5) is 24.0. The number of carbonyl (C=O) groups excluding carboxylic acids is 1. The van der Waals surface area contributed by atoms with Crippen molar-refractivity contribution in [1.82, 2.24) is 4.90 Å². The van der Waals surface area contributed by atoms with E-state index in [1.807, 2.05) is 0 Å². The molecule has 6 heteroatoms. The highest BCUT2D eigenvalue weighted by atomic mass is 19.3. The van der Waals surface area contributed by atoms with Gasteiger partial charge in [0.1, 0.15) is 0 Å². The Bertz CT molecular complexity index is 346. The van der Waals surface area contributed by atoms with Crippen LogP contribution < -0.4 is 0 Å². The molecule has 0 bridgehead atoms. The Morgan fingerprint density at radius 2 is 1.88 bits per heavy atom. The summed E-state index contributed by atoms with van der Waals surface area (Å²) in [6.07, 6.45) is 1.33. The van der Waals surface area contributed by atoms with E-state index in [1.54, 1.807) is 0 Å². The van der Waals surface area contributed by atoms with Gasteiger partial charge in [-0.1, -0.05) is 6.42 Å². The molecule has 0 radical (unpaired) electrons. The van der Waals surface area contributed by atoms with Gasteiger partial charge in [0.15, 0.2) is 0 Å². The number of carboxylic acid groups (broad SMARTS) is 1. The van der Waals surface area contributed by atoms with Gasteiger partial charge in [-0.3, -0.25) is 9.59 Å². The first kappa shape index (κ1) is 12.3. The van der Waals surface area contributed by atoms with Crippen molar-refractivity contribution in [2.24, 2.45) is 11.8 Å². The molecular weight excluding hydrogens is 232 g/mol. The Morgan fingerprint density at radius 3 is 2.41 bits per heavy atom. The van der Waals surface area contributed by atoms with Gasteiger partial charge in [-0.15, -0.1) is 0 Å². The van der Waals surface area contributed by atoms with E-state index in [9.17, 15) is 18.4 Å². The summed E-state index contributed by atoms with van der Waals surface area (Å²) in [5.41, 5.74) is 0. The molecule has 1 saturated heterocycles. The second kappa shape index (κ2) is 4.23. The topological polar surface area (TPSA) is 57.6 Å². The summed E-state index contributed by atoms with van der Waals surface area (Å²) >= 11 is 0. The van der Waals surface area contributed by atoms with Crippen molar-refractivity contribution in [2.75, 3.05) is 13.1 Å². The van der Waals surface area contributed by atoms with Crippen molar-refractivity contribution < 1.29 is 23.5 Å². The first-order valence-electron chi connectivity index (χ1n) is 5.80. The fraction of sp³-hybridized carbons (Fsp3) is 0.818. The lowest BCUT2D eigenvalue weighted by Crippen LogP contribution is -2.39. The number of hydrogen-bond acceptors (Lipinski definition) is 2. The number of rotatable bonds is 2. The quantitative estimate of drug-likeness (QED) is 0.801. The van der Waals surface area contributed by atoms with Gasteiger partial charge in [0, 0.05) is 13.0 Å². The van der Waals surface area contributed by atoms with Crippen LogP contribution in [0.15, 0.2) is 0 Å². The van der Waals surface area contributed by atoms with Gasteiger partial charge in [-0.05, 0) is 12.8 Å². The second-order valence-electron chi connectivity index (χ2n) is 4.85. The number of nitrogens with zero attached hydrogens (tertiary/aromatic N) is 1. The highest BCUT2D eigenvalue weighted by Gasteiger charge is 2.45. The third-order valence-electron chi connectivity index (χ3n) is 3.63. The largest absolute Gasteiger partial charge is 0.481 e. The molecule has 0 aromatic heterocycles. The Morgan fingerprint density at radius 1 is 1.24 bits per heavy atom. The Balaban J connectivity index is 2.03. The second-order valence-corrected chi connectivity index (χ2v) is 4.85. The molecule has 2 aliphatic rings. The molecule has 2 atom stereocenters. The van der Waals surface area contributed by atoms with Crippen molar-refractivity contribution >= 4 is 11.9 Å². The summed E-state index contributed by atoms with van der Waals surface area (Å²) in [6.45, 7) is -0.524. The van der Waals surface area contributed by atoms with Crippen LogP contribution in [0.2, 0.25) is 0 Å².